The van der Waals surface area contributed by atoms with Crippen LogP contribution in [0, 0.1) is 0 Å². The molecule has 1 fully saturated rings. The van der Waals surface area contributed by atoms with E-state index in [0.29, 0.717) is 4.34 Å². The van der Waals surface area contributed by atoms with Gasteiger partial charge in [0.05, 0.1) is 10.2 Å². The van der Waals surface area contributed by atoms with Crippen molar-refractivity contribution in [2.45, 2.75) is 61.9 Å². The number of para-hydroxylation sites is 1. The number of carbonyl (C=O) groups excluding carboxylic acids is 4. The minimum Gasteiger partial charge on any atom is -0.463 e. The van der Waals surface area contributed by atoms with Gasteiger partial charge in [0.2, 0.25) is 0 Å². The standard InChI is InChI=1S/C21H23NO9S2/c1-10(23)27-9-15-17(28-11(2)24)18(29-12(3)25)19(30-13(4)26)20(31-15)33-21-22-14-7-5-6-8-16(14)32-21/h5-8,15,17-20H,9H2,1-4H3/t15-,17-,18-,19+,20+/m0/s1. The Balaban J connectivity index is 1.98. The third-order valence-electron chi connectivity index (χ3n) is 4.44. The molecule has 178 valence electrons. The third kappa shape index (κ3) is 6.65. The number of hydrogen-bond acceptors (Lipinski definition) is 12. The number of thiazole rings is 1. The van der Waals surface area contributed by atoms with Crippen LogP contribution >= 0.6 is 23.1 Å². The van der Waals surface area contributed by atoms with E-state index in [0.717, 1.165) is 10.2 Å². The van der Waals surface area contributed by atoms with Gasteiger partial charge in [0.25, 0.3) is 0 Å². The predicted molar refractivity (Wildman–Crippen MR) is 117 cm³/mol. The van der Waals surface area contributed by atoms with E-state index in [9.17, 15) is 19.2 Å². The van der Waals surface area contributed by atoms with Gasteiger partial charge in [0, 0.05) is 27.7 Å². The Morgan fingerprint density at radius 3 is 2.12 bits per heavy atom. The molecule has 3 rings (SSSR count). The molecule has 1 saturated heterocycles. The number of nitrogens with zero attached hydrogens (tertiary/aromatic N) is 1. The van der Waals surface area contributed by atoms with Crippen molar-refractivity contribution in [3.05, 3.63) is 24.3 Å². The Kier molecular flexibility index (Phi) is 8.27. The van der Waals surface area contributed by atoms with Crippen molar-refractivity contribution in [2.24, 2.45) is 0 Å². The van der Waals surface area contributed by atoms with Crippen LogP contribution in [0.4, 0.5) is 0 Å². The zero-order valence-electron chi connectivity index (χ0n) is 18.3. The van der Waals surface area contributed by atoms with E-state index < -0.39 is 53.7 Å². The van der Waals surface area contributed by atoms with Crippen molar-refractivity contribution in [1.29, 1.82) is 0 Å². The number of fused-ring (bicyclic) bond motifs is 1. The Bertz CT molecular complexity index is 1010. The van der Waals surface area contributed by atoms with Crippen LogP contribution in [0.15, 0.2) is 28.6 Å². The van der Waals surface area contributed by atoms with Gasteiger partial charge in [0.1, 0.15) is 12.7 Å². The van der Waals surface area contributed by atoms with E-state index in [-0.39, 0.29) is 6.61 Å². The first-order valence-corrected chi connectivity index (χ1v) is 11.7. The molecule has 33 heavy (non-hydrogen) atoms. The van der Waals surface area contributed by atoms with E-state index >= 15 is 0 Å². The number of ether oxygens (including phenoxy) is 5. The van der Waals surface area contributed by atoms with E-state index in [1.54, 1.807) is 0 Å². The summed E-state index contributed by atoms with van der Waals surface area (Å²) in [5.74, 6) is -2.56. The van der Waals surface area contributed by atoms with Crippen LogP contribution in [0.2, 0.25) is 0 Å². The van der Waals surface area contributed by atoms with Crippen molar-refractivity contribution >= 4 is 57.2 Å². The molecule has 10 nitrogen and oxygen atoms in total. The first-order valence-electron chi connectivity index (χ1n) is 9.96. The van der Waals surface area contributed by atoms with Crippen molar-refractivity contribution in [3.63, 3.8) is 0 Å². The molecule has 0 N–H and O–H groups in total. The number of esters is 4. The molecule has 1 aliphatic rings. The molecular formula is C21H23NO9S2. The molecule has 2 aromatic rings. The Hall–Kier alpha value is -2.70. The van der Waals surface area contributed by atoms with Gasteiger partial charge < -0.3 is 23.7 Å². The van der Waals surface area contributed by atoms with Crippen molar-refractivity contribution in [3.8, 4) is 0 Å². The summed E-state index contributed by atoms with van der Waals surface area (Å²) >= 11 is 2.58. The molecule has 12 heteroatoms. The van der Waals surface area contributed by atoms with Crippen molar-refractivity contribution < 1.29 is 42.9 Å². The summed E-state index contributed by atoms with van der Waals surface area (Å²) in [5, 5.41) is 0. The second-order valence-corrected chi connectivity index (χ2v) is 9.51. The highest BCUT2D eigenvalue weighted by Crippen LogP contribution is 2.40. The fraction of sp³-hybridized carbons (Fsp3) is 0.476. The lowest BCUT2D eigenvalue weighted by Crippen LogP contribution is -2.61. The minimum absolute atomic E-state index is 0.269. The molecule has 1 aliphatic heterocycles. The molecule has 0 amide bonds. The van der Waals surface area contributed by atoms with Crippen LogP contribution < -0.4 is 0 Å². The fourth-order valence-electron chi connectivity index (χ4n) is 3.28. The van der Waals surface area contributed by atoms with E-state index in [2.05, 4.69) is 4.98 Å². The number of rotatable bonds is 7. The maximum atomic E-state index is 11.9. The lowest BCUT2D eigenvalue weighted by atomic mass is 9.99. The summed E-state index contributed by atoms with van der Waals surface area (Å²) < 4.78 is 29.0. The number of thioether (sulfide) groups is 1. The lowest BCUT2D eigenvalue weighted by Gasteiger charge is -2.43. The Morgan fingerprint density at radius 1 is 0.909 bits per heavy atom. The summed E-state index contributed by atoms with van der Waals surface area (Å²) in [6, 6.07) is 7.54. The van der Waals surface area contributed by atoms with Crippen LogP contribution in [-0.4, -0.2) is 65.3 Å². The molecule has 2 heterocycles. The summed E-state index contributed by atoms with van der Waals surface area (Å²) in [4.78, 5) is 51.5. The van der Waals surface area contributed by atoms with Gasteiger partial charge in [-0.15, -0.1) is 11.3 Å². The summed E-state index contributed by atoms with van der Waals surface area (Å²) in [6.45, 7) is 4.52. The Labute approximate surface area is 197 Å². The largest absolute Gasteiger partial charge is 0.463 e. The lowest BCUT2D eigenvalue weighted by molar-refractivity contribution is -0.237. The van der Waals surface area contributed by atoms with Gasteiger partial charge in [0.15, 0.2) is 28.1 Å². The number of benzene rings is 1. The summed E-state index contributed by atoms with van der Waals surface area (Å²) in [7, 11) is 0. The molecule has 0 spiro atoms. The highest BCUT2D eigenvalue weighted by atomic mass is 32.2. The monoisotopic (exact) mass is 497 g/mol. The van der Waals surface area contributed by atoms with Crippen molar-refractivity contribution in [2.75, 3.05) is 6.61 Å². The summed E-state index contributed by atoms with van der Waals surface area (Å²) in [5.41, 5.74) is -0.109. The normalized spacial score (nSPS) is 24.7. The third-order valence-corrected chi connectivity index (χ3v) is 6.71. The van der Waals surface area contributed by atoms with Crippen LogP contribution in [0.5, 0.6) is 0 Å². The Morgan fingerprint density at radius 2 is 1.52 bits per heavy atom. The number of carbonyl (C=O) groups is 4. The van der Waals surface area contributed by atoms with Gasteiger partial charge in [-0.1, -0.05) is 23.9 Å². The number of hydrogen-bond donors (Lipinski definition) is 0. The van der Waals surface area contributed by atoms with Crippen LogP contribution in [0.1, 0.15) is 27.7 Å². The molecule has 1 aromatic carbocycles. The van der Waals surface area contributed by atoms with Crippen LogP contribution in [-0.2, 0) is 42.9 Å². The smallest absolute Gasteiger partial charge is 0.303 e. The van der Waals surface area contributed by atoms with E-state index in [1.807, 2.05) is 24.3 Å². The molecule has 1 aromatic heterocycles. The average Bonchev–Trinajstić information content (AvgIpc) is 3.12. The van der Waals surface area contributed by atoms with Crippen LogP contribution in [0.3, 0.4) is 0 Å². The average molecular weight is 498 g/mol. The molecule has 0 radical (unpaired) electrons. The highest BCUT2D eigenvalue weighted by Gasteiger charge is 2.52. The van der Waals surface area contributed by atoms with Crippen LogP contribution in [0.25, 0.3) is 10.2 Å². The predicted octanol–water partition coefficient (Wildman–Crippen LogP) is 2.47. The second-order valence-electron chi connectivity index (χ2n) is 7.13. The number of aromatic nitrogens is 1. The van der Waals surface area contributed by atoms with Gasteiger partial charge in [-0.25, -0.2) is 4.98 Å². The topological polar surface area (TPSA) is 127 Å². The van der Waals surface area contributed by atoms with Gasteiger partial charge in [-0.2, -0.15) is 0 Å². The zero-order chi connectivity index (χ0) is 24.1. The van der Waals surface area contributed by atoms with E-state index in [4.69, 9.17) is 23.7 Å². The zero-order valence-corrected chi connectivity index (χ0v) is 20.0. The second kappa shape index (κ2) is 10.9. The van der Waals surface area contributed by atoms with Gasteiger partial charge >= 0.3 is 23.9 Å². The minimum atomic E-state index is -1.20. The first kappa shape index (κ1) is 24.9. The maximum absolute atomic E-state index is 11.9. The molecule has 0 unspecified atom stereocenters. The molecular weight excluding hydrogens is 474 g/mol. The maximum Gasteiger partial charge on any atom is 0.303 e. The summed E-state index contributed by atoms with van der Waals surface area (Å²) in [6.07, 6.45) is -4.49. The molecule has 0 bridgehead atoms. The highest BCUT2D eigenvalue weighted by molar-refractivity contribution is 8.01. The van der Waals surface area contributed by atoms with E-state index in [1.165, 1.54) is 50.8 Å². The SMILES string of the molecule is CC(=O)OC[C@@H]1O[C@H](Sc2nc3ccccc3s2)[C@H](OC(C)=O)[C@@H](OC(C)=O)[C@H]1OC(C)=O. The first-order chi connectivity index (χ1) is 15.6. The molecule has 0 saturated carbocycles. The quantitative estimate of drug-likeness (QED) is 0.413. The molecule has 0 aliphatic carbocycles. The van der Waals surface area contributed by atoms with Gasteiger partial charge in [-0.05, 0) is 12.1 Å². The van der Waals surface area contributed by atoms with Crippen molar-refractivity contribution in [1.82, 2.24) is 4.98 Å². The fourth-order valence-corrected chi connectivity index (χ4v) is 5.62. The molecule has 5 atom stereocenters. The van der Waals surface area contributed by atoms with Gasteiger partial charge in [-0.3, -0.25) is 19.2 Å².